The van der Waals surface area contributed by atoms with Gasteiger partial charge in [-0.2, -0.15) is 4.31 Å². The average molecular weight is 321 g/mol. The van der Waals surface area contributed by atoms with E-state index in [1.54, 1.807) is 11.9 Å². The first kappa shape index (κ1) is 18.3. The van der Waals surface area contributed by atoms with Crippen molar-refractivity contribution < 1.29 is 17.9 Å². The van der Waals surface area contributed by atoms with Crippen LogP contribution in [0.1, 0.15) is 20.3 Å². The maximum Gasteiger partial charge on any atom is 0.223 e. The third-order valence-electron chi connectivity index (χ3n) is 3.37. The molecule has 7 nitrogen and oxygen atoms in total. The highest BCUT2D eigenvalue weighted by atomic mass is 32.2. The van der Waals surface area contributed by atoms with Crippen LogP contribution in [0.15, 0.2) is 0 Å². The quantitative estimate of drug-likeness (QED) is 0.652. The first-order chi connectivity index (χ1) is 9.86. The number of amides is 1. The minimum atomic E-state index is -3.29. The number of piperazine rings is 1. The molecule has 0 atom stereocenters. The molecule has 0 aromatic carbocycles. The third kappa shape index (κ3) is 6.29. The van der Waals surface area contributed by atoms with E-state index in [1.807, 2.05) is 13.8 Å². The van der Waals surface area contributed by atoms with Crippen molar-refractivity contribution in [2.75, 3.05) is 52.1 Å². The van der Waals surface area contributed by atoms with Gasteiger partial charge in [0.05, 0.1) is 18.5 Å². The Balaban J connectivity index is 2.39. The molecule has 1 rings (SSSR count). The Bertz CT molecular complexity index is 417. The molecule has 0 radical (unpaired) electrons. The number of hydrogen-bond donors (Lipinski definition) is 1. The highest BCUT2D eigenvalue weighted by Crippen LogP contribution is 2.09. The van der Waals surface area contributed by atoms with Crippen LogP contribution in [0.25, 0.3) is 0 Å². The number of nitrogens with one attached hydrogen (secondary N) is 1. The fraction of sp³-hybridized carbons (Fsp3) is 0.923. The zero-order valence-corrected chi connectivity index (χ0v) is 14.0. The predicted octanol–water partition coefficient (Wildman–Crippen LogP) is -0.505. The molecule has 0 saturated carbocycles. The summed E-state index contributed by atoms with van der Waals surface area (Å²) < 4.78 is 31.0. The van der Waals surface area contributed by atoms with E-state index >= 15 is 0 Å². The molecule has 0 bridgehead atoms. The van der Waals surface area contributed by atoms with E-state index < -0.39 is 10.0 Å². The van der Waals surface area contributed by atoms with Gasteiger partial charge in [0.15, 0.2) is 0 Å². The number of carbonyl (C=O) groups is 1. The molecule has 0 spiro atoms. The van der Waals surface area contributed by atoms with E-state index in [1.165, 1.54) is 4.31 Å². The molecule has 1 N–H and O–H groups in total. The monoisotopic (exact) mass is 321 g/mol. The van der Waals surface area contributed by atoms with Crippen LogP contribution in [0.2, 0.25) is 0 Å². The Morgan fingerprint density at radius 3 is 2.38 bits per heavy atom. The van der Waals surface area contributed by atoms with Gasteiger partial charge in [-0.25, -0.2) is 8.42 Å². The Morgan fingerprint density at radius 1 is 1.24 bits per heavy atom. The second kappa shape index (κ2) is 8.67. The SMILES string of the molecule is CNCCC(=O)N1CCN(S(=O)(=O)CCOC(C)C)CC1. The van der Waals surface area contributed by atoms with Gasteiger partial charge in [-0.3, -0.25) is 4.79 Å². The van der Waals surface area contributed by atoms with Gasteiger partial charge < -0.3 is 15.0 Å². The van der Waals surface area contributed by atoms with Crippen molar-refractivity contribution in [1.29, 1.82) is 0 Å². The molecule has 1 heterocycles. The van der Waals surface area contributed by atoms with Crippen LogP contribution < -0.4 is 5.32 Å². The number of nitrogens with zero attached hydrogens (tertiary/aromatic N) is 2. The van der Waals surface area contributed by atoms with Crippen LogP contribution in [0.4, 0.5) is 0 Å². The topological polar surface area (TPSA) is 79.0 Å². The summed E-state index contributed by atoms with van der Waals surface area (Å²) in [5.41, 5.74) is 0. The molecular formula is C13H27N3O4S. The molecule has 1 saturated heterocycles. The number of sulfonamides is 1. The Labute approximate surface area is 127 Å². The zero-order chi connectivity index (χ0) is 15.9. The molecule has 1 fully saturated rings. The normalized spacial score (nSPS) is 17.4. The van der Waals surface area contributed by atoms with Gasteiger partial charge >= 0.3 is 0 Å². The van der Waals surface area contributed by atoms with Crippen molar-refractivity contribution in [2.45, 2.75) is 26.4 Å². The number of ether oxygens (including phenoxy) is 1. The van der Waals surface area contributed by atoms with Gasteiger partial charge in [0, 0.05) is 39.1 Å². The zero-order valence-electron chi connectivity index (χ0n) is 13.2. The molecule has 0 aliphatic carbocycles. The van der Waals surface area contributed by atoms with Gasteiger partial charge in [0.2, 0.25) is 15.9 Å². The Morgan fingerprint density at radius 2 is 1.86 bits per heavy atom. The second-order valence-electron chi connectivity index (χ2n) is 5.37. The standard InChI is InChI=1S/C13H27N3O4S/c1-12(2)20-10-11-21(18,19)16-8-6-15(7-9-16)13(17)4-5-14-3/h12,14H,4-11H2,1-3H3. The van der Waals surface area contributed by atoms with Gasteiger partial charge in [0.25, 0.3) is 0 Å². The van der Waals surface area contributed by atoms with E-state index in [9.17, 15) is 13.2 Å². The van der Waals surface area contributed by atoms with E-state index in [0.717, 1.165) is 0 Å². The largest absolute Gasteiger partial charge is 0.378 e. The molecule has 1 aliphatic rings. The fourth-order valence-corrected chi connectivity index (χ4v) is 3.41. The molecule has 1 amide bonds. The first-order valence-electron chi connectivity index (χ1n) is 7.38. The van der Waals surface area contributed by atoms with Crippen LogP contribution in [0.5, 0.6) is 0 Å². The summed E-state index contributed by atoms with van der Waals surface area (Å²) in [7, 11) is -1.48. The Hall–Kier alpha value is -0.700. The lowest BCUT2D eigenvalue weighted by atomic mass is 10.3. The number of carbonyl (C=O) groups excluding carboxylic acids is 1. The van der Waals surface area contributed by atoms with Crippen LogP contribution in [0.3, 0.4) is 0 Å². The van der Waals surface area contributed by atoms with E-state index in [4.69, 9.17) is 4.74 Å². The van der Waals surface area contributed by atoms with Crippen molar-refractivity contribution in [1.82, 2.24) is 14.5 Å². The molecule has 0 aromatic rings. The molecule has 124 valence electrons. The predicted molar refractivity (Wildman–Crippen MR) is 81.6 cm³/mol. The first-order valence-corrected chi connectivity index (χ1v) is 8.99. The summed E-state index contributed by atoms with van der Waals surface area (Å²) >= 11 is 0. The minimum Gasteiger partial charge on any atom is -0.378 e. The lowest BCUT2D eigenvalue weighted by Crippen LogP contribution is -2.51. The van der Waals surface area contributed by atoms with Crippen LogP contribution in [-0.4, -0.2) is 81.8 Å². The van der Waals surface area contributed by atoms with Crippen molar-refractivity contribution >= 4 is 15.9 Å². The summed E-state index contributed by atoms with van der Waals surface area (Å²) in [5.74, 6) is 0.0725. The van der Waals surface area contributed by atoms with E-state index in [2.05, 4.69) is 5.32 Å². The summed E-state index contributed by atoms with van der Waals surface area (Å²) in [6.07, 6.45) is 0.479. The lowest BCUT2D eigenvalue weighted by molar-refractivity contribution is -0.132. The maximum atomic E-state index is 12.1. The summed E-state index contributed by atoms with van der Waals surface area (Å²) in [6.45, 7) is 6.28. The summed E-state index contributed by atoms with van der Waals surface area (Å²) in [4.78, 5) is 13.6. The van der Waals surface area contributed by atoms with Crippen molar-refractivity contribution in [2.24, 2.45) is 0 Å². The van der Waals surface area contributed by atoms with Gasteiger partial charge in [-0.1, -0.05) is 0 Å². The van der Waals surface area contributed by atoms with Gasteiger partial charge in [0.1, 0.15) is 0 Å². The van der Waals surface area contributed by atoms with Crippen LogP contribution in [0, 0.1) is 0 Å². The minimum absolute atomic E-state index is 0.00111. The second-order valence-corrected chi connectivity index (χ2v) is 7.46. The number of hydrogen-bond acceptors (Lipinski definition) is 5. The molecule has 1 aliphatic heterocycles. The van der Waals surface area contributed by atoms with Gasteiger partial charge in [-0.05, 0) is 20.9 Å². The smallest absolute Gasteiger partial charge is 0.223 e. The average Bonchev–Trinajstić information content (AvgIpc) is 2.44. The van der Waals surface area contributed by atoms with Crippen LogP contribution >= 0.6 is 0 Å². The van der Waals surface area contributed by atoms with E-state index in [-0.39, 0.29) is 24.4 Å². The highest BCUT2D eigenvalue weighted by molar-refractivity contribution is 7.89. The fourth-order valence-electron chi connectivity index (χ4n) is 2.12. The highest BCUT2D eigenvalue weighted by Gasteiger charge is 2.28. The molecule has 0 aromatic heterocycles. The van der Waals surface area contributed by atoms with E-state index in [0.29, 0.717) is 39.1 Å². The molecule has 21 heavy (non-hydrogen) atoms. The van der Waals surface area contributed by atoms with Crippen molar-refractivity contribution in [3.05, 3.63) is 0 Å². The maximum absolute atomic E-state index is 12.1. The van der Waals surface area contributed by atoms with Crippen molar-refractivity contribution in [3.63, 3.8) is 0 Å². The summed E-state index contributed by atoms with van der Waals surface area (Å²) in [6, 6.07) is 0. The lowest BCUT2D eigenvalue weighted by Gasteiger charge is -2.34. The van der Waals surface area contributed by atoms with Gasteiger partial charge in [-0.15, -0.1) is 0 Å². The van der Waals surface area contributed by atoms with Crippen molar-refractivity contribution in [3.8, 4) is 0 Å². The molecule has 0 unspecified atom stereocenters. The number of rotatable bonds is 8. The Kier molecular flexibility index (Phi) is 7.58. The summed E-state index contributed by atoms with van der Waals surface area (Å²) in [5, 5.41) is 2.94. The third-order valence-corrected chi connectivity index (χ3v) is 5.20. The molecular weight excluding hydrogens is 294 g/mol. The molecule has 8 heteroatoms. The van der Waals surface area contributed by atoms with Crippen LogP contribution in [-0.2, 0) is 19.6 Å².